The predicted molar refractivity (Wildman–Crippen MR) is 74.0 cm³/mol. The first-order chi connectivity index (χ1) is 10.6. The summed E-state index contributed by atoms with van der Waals surface area (Å²) in [6.45, 7) is 0.270. The number of rotatable bonds is 3. The van der Waals surface area contributed by atoms with Crippen LogP contribution in [0, 0.1) is 5.82 Å². The Morgan fingerprint density at radius 3 is 2.45 bits per heavy atom. The van der Waals surface area contributed by atoms with E-state index < -0.39 is 6.03 Å². The molecule has 1 saturated heterocycles. The molecule has 7 nitrogen and oxygen atoms in total. The fraction of sp³-hybridized carbons (Fsp3) is 0.143. The molecular formula is C14H11FN4O3. The second-order valence-electron chi connectivity index (χ2n) is 4.53. The van der Waals surface area contributed by atoms with E-state index in [4.69, 9.17) is 4.74 Å². The van der Waals surface area contributed by atoms with Crippen molar-refractivity contribution in [1.29, 1.82) is 0 Å². The molecule has 1 aliphatic rings. The minimum Gasteiger partial charge on any atom is -0.424 e. The van der Waals surface area contributed by atoms with Crippen molar-refractivity contribution in [1.82, 2.24) is 15.3 Å². The van der Waals surface area contributed by atoms with Crippen molar-refractivity contribution in [2.24, 2.45) is 0 Å². The molecule has 1 fully saturated rings. The Balaban J connectivity index is 1.71. The van der Waals surface area contributed by atoms with Crippen LogP contribution >= 0.6 is 0 Å². The van der Waals surface area contributed by atoms with Gasteiger partial charge in [-0.25, -0.2) is 19.2 Å². The zero-order valence-electron chi connectivity index (χ0n) is 11.3. The molecule has 1 N–H and O–H groups in total. The van der Waals surface area contributed by atoms with Crippen molar-refractivity contribution in [3.8, 4) is 11.8 Å². The van der Waals surface area contributed by atoms with Crippen LogP contribution in [0.15, 0.2) is 36.7 Å². The number of hydrogen-bond acceptors (Lipinski definition) is 5. The van der Waals surface area contributed by atoms with Crippen LogP contribution in [0.5, 0.6) is 11.8 Å². The van der Waals surface area contributed by atoms with Crippen LogP contribution < -0.4 is 15.0 Å². The van der Waals surface area contributed by atoms with E-state index >= 15 is 0 Å². The molecule has 0 saturated carbocycles. The molecule has 0 unspecified atom stereocenters. The molecule has 0 aliphatic carbocycles. The number of nitrogens with zero attached hydrogens (tertiary/aromatic N) is 3. The Morgan fingerprint density at radius 1 is 1.14 bits per heavy atom. The molecule has 2 heterocycles. The number of urea groups is 1. The molecule has 0 radical (unpaired) electrons. The van der Waals surface area contributed by atoms with Gasteiger partial charge >= 0.3 is 12.0 Å². The zero-order chi connectivity index (χ0) is 15.5. The molecule has 3 rings (SSSR count). The van der Waals surface area contributed by atoms with Gasteiger partial charge in [0.2, 0.25) is 5.91 Å². The van der Waals surface area contributed by atoms with Crippen molar-refractivity contribution in [3.63, 3.8) is 0 Å². The summed E-state index contributed by atoms with van der Waals surface area (Å²) in [6.07, 6.45) is 3.06. The average Bonchev–Trinajstić information content (AvgIpc) is 2.51. The molecule has 1 aliphatic heterocycles. The number of anilines is 1. The summed E-state index contributed by atoms with van der Waals surface area (Å²) in [5, 5.41) is 2.21. The van der Waals surface area contributed by atoms with Crippen molar-refractivity contribution >= 4 is 17.6 Å². The third-order valence-electron chi connectivity index (χ3n) is 3.00. The third-order valence-corrected chi connectivity index (χ3v) is 3.00. The van der Waals surface area contributed by atoms with Crippen molar-refractivity contribution in [2.75, 3.05) is 11.4 Å². The topological polar surface area (TPSA) is 84.4 Å². The van der Waals surface area contributed by atoms with E-state index in [9.17, 15) is 14.0 Å². The molecule has 2 aromatic rings. The maximum Gasteiger partial charge on any atom is 0.328 e. The number of halogens is 1. The fourth-order valence-electron chi connectivity index (χ4n) is 1.92. The van der Waals surface area contributed by atoms with Crippen LogP contribution in [0.3, 0.4) is 0 Å². The highest BCUT2D eigenvalue weighted by Gasteiger charge is 2.24. The van der Waals surface area contributed by atoms with Gasteiger partial charge in [-0.05, 0) is 24.3 Å². The van der Waals surface area contributed by atoms with E-state index in [1.807, 2.05) is 0 Å². The van der Waals surface area contributed by atoms with Crippen LogP contribution in [0.1, 0.15) is 6.42 Å². The summed E-state index contributed by atoms with van der Waals surface area (Å²) in [5.74, 6) is -0.275. The normalized spacial score (nSPS) is 14.7. The number of carbonyl (C=O) groups is 2. The molecule has 0 atom stereocenters. The highest BCUT2D eigenvalue weighted by atomic mass is 19.1. The highest BCUT2D eigenvalue weighted by Crippen LogP contribution is 2.20. The Morgan fingerprint density at radius 2 is 1.82 bits per heavy atom. The Hall–Kier alpha value is -3.03. The van der Waals surface area contributed by atoms with Crippen LogP contribution in [-0.2, 0) is 4.79 Å². The van der Waals surface area contributed by atoms with E-state index in [1.165, 1.54) is 41.6 Å². The molecule has 0 bridgehead atoms. The molecule has 3 amide bonds. The number of aromatic nitrogens is 2. The Labute approximate surface area is 124 Å². The van der Waals surface area contributed by atoms with Gasteiger partial charge in [0, 0.05) is 13.0 Å². The largest absolute Gasteiger partial charge is 0.424 e. The lowest BCUT2D eigenvalue weighted by atomic mass is 10.3. The van der Waals surface area contributed by atoms with E-state index in [0.29, 0.717) is 11.4 Å². The highest BCUT2D eigenvalue weighted by molar-refractivity contribution is 6.05. The zero-order valence-corrected chi connectivity index (χ0v) is 11.3. The van der Waals surface area contributed by atoms with Crippen LogP contribution in [0.4, 0.5) is 14.9 Å². The number of hydrogen-bond donors (Lipinski definition) is 1. The first-order valence-corrected chi connectivity index (χ1v) is 6.48. The summed E-state index contributed by atoms with van der Waals surface area (Å²) < 4.78 is 18.2. The van der Waals surface area contributed by atoms with Crippen LogP contribution in [0.25, 0.3) is 0 Å². The number of amides is 3. The number of nitrogens with one attached hydrogen (secondary N) is 1. The predicted octanol–water partition coefficient (Wildman–Crippen LogP) is 1.85. The minimum absolute atomic E-state index is 0.0730. The molecule has 1 aromatic heterocycles. The van der Waals surface area contributed by atoms with Gasteiger partial charge in [-0.2, -0.15) is 0 Å². The van der Waals surface area contributed by atoms with Gasteiger partial charge in [0.05, 0.1) is 18.1 Å². The van der Waals surface area contributed by atoms with E-state index in [1.54, 1.807) is 0 Å². The summed E-state index contributed by atoms with van der Waals surface area (Å²) in [5.41, 5.74) is 0.455. The molecule has 112 valence electrons. The lowest BCUT2D eigenvalue weighted by Gasteiger charge is -2.25. The fourth-order valence-corrected chi connectivity index (χ4v) is 1.92. The second-order valence-corrected chi connectivity index (χ2v) is 4.53. The standard InChI is InChI=1S/C14H11FN4O3/c15-9-1-3-11(4-2-9)22-13-16-7-10(8-17-13)19-6-5-12(20)18-14(19)21/h1-4,7-8H,5-6H2,(H,18,20,21). The molecular weight excluding hydrogens is 291 g/mol. The van der Waals surface area contributed by atoms with Crippen molar-refractivity contribution < 1.29 is 18.7 Å². The molecule has 22 heavy (non-hydrogen) atoms. The number of benzene rings is 1. The van der Waals surface area contributed by atoms with E-state index in [-0.39, 0.29) is 30.7 Å². The number of carbonyl (C=O) groups excluding carboxylic acids is 2. The van der Waals surface area contributed by atoms with Gasteiger partial charge < -0.3 is 4.74 Å². The summed E-state index contributed by atoms with van der Waals surface area (Å²) in [4.78, 5) is 32.1. The van der Waals surface area contributed by atoms with Crippen molar-refractivity contribution in [3.05, 3.63) is 42.5 Å². The Kier molecular flexibility index (Phi) is 3.65. The van der Waals surface area contributed by atoms with Gasteiger partial charge in [-0.15, -0.1) is 0 Å². The maximum atomic E-state index is 12.8. The van der Waals surface area contributed by atoms with E-state index in [0.717, 1.165) is 0 Å². The van der Waals surface area contributed by atoms with Gasteiger partial charge in [-0.3, -0.25) is 15.0 Å². The molecule has 8 heteroatoms. The minimum atomic E-state index is -0.507. The van der Waals surface area contributed by atoms with Gasteiger partial charge in [0.15, 0.2) is 0 Å². The SMILES string of the molecule is O=C1CCN(c2cnc(Oc3ccc(F)cc3)nc2)C(=O)N1. The first kappa shape index (κ1) is 13.9. The lowest BCUT2D eigenvalue weighted by molar-refractivity contribution is -0.120. The third kappa shape index (κ3) is 3.00. The second kappa shape index (κ2) is 5.76. The summed E-state index contributed by atoms with van der Waals surface area (Å²) >= 11 is 0. The van der Waals surface area contributed by atoms with Gasteiger partial charge in [0.25, 0.3) is 0 Å². The van der Waals surface area contributed by atoms with Crippen LogP contribution in [-0.4, -0.2) is 28.5 Å². The number of imide groups is 1. The maximum absolute atomic E-state index is 12.8. The quantitative estimate of drug-likeness (QED) is 0.935. The summed E-state index contributed by atoms with van der Waals surface area (Å²) in [7, 11) is 0. The Bertz CT molecular complexity index is 703. The summed E-state index contributed by atoms with van der Waals surface area (Å²) in [6, 6.07) is 5.00. The lowest BCUT2D eigenvalue weighted by Crippen LogP contribution is -2.49. The number of ether oxygens (including phenoxy) is 1. The smallest absolute Gasteiger partial charge is 0.328 e. The van der Waals surface area contributed by atoms with Gasteiger partial charge in [-0.1, -0.05) is 0 Å². The van der Waals surface area contributed by atoms with Crippen molar-refractivity contribution in [2.45, 2.75) is 6.42 Å². The van der Waals surface area contributed by atoms with Crippen LogP contribution in [0.2, 0.25) is 0 Å². The monoisotopic (exact) mass is 302 g/mol. The van der Waals surface area contributed by atoms with E-state index in [2.05, 4.69) is 15.3 Å². The molecule has 0 spiro atoms. The van der Waals surface area contributed by atoms with Gasteiger partial charge in [0.1, 0.15) is 11.6 Å². The molecule has 1 aromatic carbocycles. The average molecular weight is 302 g/mol. The first-order valence-electron chi connectivity index (χ1n) is 6.48.